The molecule has 2 aromatic heterocycles. The molecule has 0 saturated carbocycles. The van der Waals surface area contributed by atoms with E-state index in [1.54, 1.807) is 0 Å². The van der Waals surface area contributed by atoms with Gasteiger partial charge in [-0.15, -0.1) is 0 Å². The lowest BCUT2D eigenvalue weighted by atomic mass is 9.90. The fourth-order valence-corrected chi connectivity index (χ4v) is 2.69. The summed E-state index contributed by atoms with van der Waals surface area (Å²) in [7, 11) is 0. The van der Waals surface area contributed by atoms with Gasteiger partial charge in [-0.3, -0.25) is 4.57 Å². The molecule has 0 spiro atoms. The summed E-state index contributed by atoms with van der Waals surface area (Å²) in [6, 6.07) is 0. The highest BCUT2D eigenvalue weighted by molar-refractivity contribution is 5.81. The number of hydrogen-bond acceptors (Lipinski definition) is 7. The molecule has 120 valence electrons. The number of nitrogen functional groups attached to an aromatic ring is 1. The Morgan fingerprint density at radius 2 is 2.18 bits per heavy atom. The van der Waals surface area contributed by atoms with Crippen molar-refractivity contribution in [2.45, 2.75) is 30.5 Å². The van der Waals surface area contributed by atoms with Gasteiger partial charge in [-0.1, -0.05) is 0 Å². The van der Waals surface area contributed by atoms with Crippen LogP contribution in [0.5, 0.6) is 0 Å². The summed E-state index contributed by atoms with van der Waals surface area (Å²) in [6.07, 6.45) is -0.900. The highest BCUT2D eigenvalue weighted by Gasteiger charge is 2.63. The second kappa shape index (κ2) is 4.80. The molecule has 1 aliphatic heterocycles. The minimum atomic E-state index is -2.37. The number of aromatic nitrogens is 4. The fourth-order valence-electron chi connectivity index (χ4n) is 2.69. The zero-order valence-corrected chi connectivity index (χ0v) is 11.6. The van der Waals surface area contributed by atoms with Crippen LogP contribution in [0.3, 0.4) is 0 Å². The highest BCUT2D eigenvalue weighted by Crippen LogP contribution is 2.47. The van der Waals surface area contributed by atoms with E-state index in [1.165, 1.54) is 17.2 Å². The van der Waals surface area contributed by atoms with Gasteiger partial charge in [0.05, 0.1) is 12.9 Å². The van der Waals surface area contributed by atoms with Crippen molar-refractivity contribution in [2.75, 3.05) is 19.0 Å². The van der Waals surface area contributed by atoms with Crippen molar-refractivity contribution < 1.29 is 23.7 Å². The second-order valence-electron chi connectivity index (χ2n) is 5.46. The molecule has 8 nitrogen and oxygen atoms in total. The Hall–Kier alpha value is -1.91. The van der Waals surface area contributed by atoms with E-state index in [0.717, 1.165) is 6.92 Å². The normalized spacial score (nSPS) is 35.3. The van der Waals surface area contributed by atoms with E-state index in [4.69, 9.17) is 10.5 Å². The number of ether oxygens (including phenoxy) is 1. The molecule has 2 aromatic rings. The third kappa shape index (κ3) is 1.81. The summed E-state index contributed by atoms with van der Waals surface area (Å²) >= 11 is 0. The summed E-state index contributed by atoms with van der Waals surface area (Å²) < 4.78 is 34.7. The van der Waals surface area contributed by atoms with Crippen molar-refractivity contribution >= 4 is 17.0 Å². The molecule has 1 aliphatic rings. The summed E-state index contributed by atoms with van der Waals surface area (Å²) in [5, 5.41) is 19.4. The zero-order valence-electron chi connectivity index (χ0n) is 11.6. The Labute approximate surface area is 123 Å². The first-order valence-electron chi connectivity index (χ1n) is 6.52. The van der Waals surface area contributed by atoms with E-state index in [-0.39, 0.29) is 17.0 Å². The van der Waals surface area contributed by atoms with Crippen LogP contribution in [0.4, 0.5) is 14.6 Å². The van der Waals surface area contributed by atoms with Crippen LogP contribution in [0.25, 0.3) is 11.2 Å². The van der Waals surface area contributed by atoms with Gasteiger partial charge in [-0.25, -0.2) is 23.7 Å². The number of fused-ring (bicyclic) bond motifs is 1. The molecular formula is C12H15F2N5O3. The average Bonchev–Trinajstić information content (AvgIpc) is 3.00. The first kappa shape index (κ1) is 15.0. The largest absolute Gasteiger partial charge is 0.393 e. The molecule has 4 N–H and O–H groups in total. The Kier molecular flexibility index (Phi) is 3.27. The first-order valence-corrected chi connectivity index (χ1v) is 6.52. The van der Waals surface area contributed by atoms with Gasteiger partial charge in [0.25, 0.3) is 0 Å². The minimum Gasteiger partial charge on any atom is -0.393 e. The Morgan fingerprint density at radius 3 is 2.77 bits per heavy atom. The third-order valence-corrected chi connectivity index (χ3v) is 4.00. The summed E-state index contributed by atoms with van der Waals surface area (Å²) in [4.78, 5) is 11.7. The van der Waals surface area contributed by atoms with Crippen LogP contribution in [0.1, 0.15) is 13.2 Å². The number of imidazole rings is 1. The van der Waals surface area contributed by atoms with Crippen LogP contribution in [0, 0.1) is 0 Å². The molecule has 4 atom stereocenters. The number of aliphatic hydroxyl groups is 2. The summed E-state index contributed by atoms with van der Waals surface area (Å²) in [5.74, 6) is 0.0989. The molecule has 0 aromatic carbocycles. The van der Waals surface area contributed by atoms with E-state index in [0.29, 0.717) is 0 Å². The van der Waals surface area contributed by atoms with Crippen LogP contribution >= 0.6 is 0 Å². The van der Waals surface area contributed by atoms with Crippen molar-refractivity contribution in [3.63, 3.8) is 0 Å². The first-order chi connectivity index (χ1) is 10.4. The molecule has 3 heterocycles. The standard InChI is InChI=1S/C12H15F2N5O3/c1-11(14)9(21)12(2-13,3-20)22-10(11)19-5-18-6-7(15)16-4-17-8(6)19/h4-5,9-10,20-21H,2-3H2,1H3,(H2,15,16,17)/t9-,10+,11+,12+/m0/s1. The summed E-state index contributed by atoms with van der Waals surface area (Å²) in [5.41, 5.74) is 1.66. The topological polar surface area (TPSA) is 119 Å². The van der Waals surface area contributed by atoms with Crippen molar-refractivity contribution in [1.82, 2.24) is 19.5 Å². The Morgan fingerprint density at radius 1 is 1.45 bits per heavy atom. The number of nitrogens with zero attached hydrogens (tertiary/aromatic N) is 4. The maximum Gasteiger partial charge on any atom is 0.181 e. The Balaban J connectivity index is 2.12. The van der Waals surface area contributed by atoms with Gasteiger partial charge in [0.15, 0.2) is 29.0 Å². The molecular weight excluding hydrogens is 300 g/mol. The van der Waals surface area contributed by atoms with Gasteiger partial charge in [0, 0.05) is 0 Å². The number of anilines is 1. The zero-order chi connectivity index (χ0) is 16.1. The van der Waals surface area contributed by atoms with E-state index < -0.39 is 36.9 Å². The Bertz CT molecular complexity index is 703. The molecule has 0 amide bonds. The lowest BCUT2D eigenvalue weighted by Crippen LogP contribution is -2.50. The van der Waals surface area contributed by atoms with Crippen molar-refractivity contribution in [3.8, 4) is 0 Å². The van der Waals surface area contributed by atoms with E-state index in [9.17, 15) is 19.0 Å². The number of alkyl halides is 2. The molecule has 0 unspecified atom stereocenters. The number of aliphatic hydroxyl groups excluding tert-OH is 2. The van der Waals surface area contributed by atoms with Crippen molar-refractivity contribution in [3.05, 3.63) is 12.7 Å². The van der Waals surface area contributed by atoms with Crippen LogP contribution in [-0.4, -0.2) is 60.4 Å². The lowest BCUT2D eigenvalue weighted by molar-refractivity contribution is -0.137. The molecule has 1 fully saturated rings. The predicted octanol–water partition coefficient (Wildman–Crippen LogP) is -0.273. The minimum absolute atomic E-state index is 0.0989. The smallest absolute Gasteiger partial charge is 0.181 e. The van der Waals surface area contributed by atoms with Gasteiger partial charge in [-0.05, 0) is 6.92 Å². The SMILES string of the molecule is C[C@@]1(F)[C@H](O)[C@](CO)(CF)O[C@H]1n1cnc2c(N)ncnc21. The molecule has 0 bridgehead atoms. The van der Waals surface area contributed by atoms with Gasteiger partial charge < -0.3 is 20.7 Å². The summed E-state index contributed by atoms with van der Waals surface area (Å²) in [6.45, 7) is -1.05. The maximum atomic E-state index is 15.0. The number of rotatable bonds is 3. The molecule has 3 rings (SSSR count). The van der Waals surface area contributed by atoms with Crippen molar-refractivity contribution in [2.24, 2.45) is 0 Å². The van der Waals surface area contributed by atoms with E-state index in [1.807, 2.05) is 0 Å². The molecule has 22 heavy (non-hydrogen) atoms. The van der Waals surface area contributed by atoms with Crippen LogP contribution < -0.4 is 5.73 Å². The highest BCUT2D eigenvalue weighted by atomic mass is 19.1. The van der Waals surface area contributed by atoms with Crippen LogP contribution in [-0.2, 0) is 4.74 Å². The third-order valence-electron chi connectivity index (χ3n) is 4.00. The van der Waals surface area contributed by atoms with E-state index in [2.05, 4.69) is 15.0 Å². The number of hydrogen-bond donors (Lipinski definition) is 3. The average molecular weight is 315 g/mol. The lowest BCUT2D eigenvalue weighted by Gasteiger charge is -2.27. The van der Waals surface area contributed by atoms with Crippen LogP contribution in [0.2, 0.25) is 0 Å². The number of halogens is 2. The van der Waals surface area contributed by atoms with E-state index >= 15 is 0 Å². The molecule has 0 radical (unpaired) electrons. The van der Waals surface area contributed by atoms with Crippen molar-refractivity contribution in [1.29, 1.82) is 0 Å². The number of nitrogens with two attached hydrogens (primary N) is 1. The fraction of sp³-hybridized carbons (Fsp3) is 0.583. The van der Waals surface area contributed by atoms with Gasteiger partial charge in [-0.2, -0.15) is 0 Å². The monoisotopic (exact) mass is 315 g/mol. The molecule has 10 heteroatoms. The van der Waals surface area contributed by atoms with Gasteiger partial charge in [0.1, 0.15) is 24.6 Å². The quantitative estimate of drug-likeness (QED) is 0.713. The molecule has 1 saturated heterocycles. The predicted molar refractivity (Wildman–Crippen MR) is 71.2 cm³/mol. The maximum absolute atomic E-state index is 15.0. The van der Waals surface area contributed by atoms with Crippen LogP contribution in [0.15, 0.2) is 12.7 Å². The second-order valence-corrected chi connectivity index (χ2v) is 5.46. The van der Waals surface area contributed by atoms with Gasteiger partial charge >= 0.3 is 0 Å². The van der Waals surface area contributed by atoms with Gasteiger partial charge in [0.2, 0.25) is 0 Å². The molecule has 0 aliphatic carbocycles.